The van der Waals surface area contributed by atoms with Crippen molar-refractivity contribution in [2.45, 2.75) is 65.8 Å². The van der Waals surface area contributed by atoms with Gasteiger partial charge in [0.2, 0.25) is 5.95 Å². The largest absolute Gasteiger partial charge is 0.493 e. The number of nitrogens with one attached hydrogen (secondary N) is 1. The molecule has 1 atom stereocenters. The van der Waals surface area contributed by atoms with E-state index in [9.17, 15) is 9.59 Å². The molecule has 10 nitrogen and oxygen atoms in total. The molecular formula is C26H35N5O5. The van der Waals surface area contributed by atoms with E-state index in [1.807, 2.05) is 65.8 Å². The van der Waals surface area contributed by atoms with Crippen molar-refractivity contribution in [2.75, 3.05) is 29.9 Å². The number of hydrogen-bond donors (Lipinski definition) is 1. The van der Waals surface area contributed by atoms with Crippen molar-refractivity contribution < 1.29 is 23.8 Å². The highest BCUT2D eigenvalue weighted by Gasteiger charge is 2.34. The van der Waals surface area contributed by atoms with Crippen LogP contribution in [0.4, 0.5) is 21.4 Å². The van der Waals surface area contributed by atoms with Crippen LogP contribution in [-0.2, 0) is 16.1 Å². The van der Waals surface area contributed by atoms with E-state index >= 15 is 0 Å². The van der Waals surface area contributed by atoms with Crippen LogP contribution in [0.3, 0.4) is 0 Å². The molecular weight excluding hydrogens is 462 g/mol. The zero-order valence-corrected chi connectivity index (χ0v) is 21.8. The van der Waals surface area contributed by atoms with Crippen LogP contribution in [0.2, 0.25) is 0 Å². The van der Waals surface area contributed by atoms with E-state index in [2.05, 4.69) is 15.3 Å². The third-order valence-electron chi connectivity index (χ3n) is 5.95. The zero-order valence-electron chi connectivity index (χ0n) is 21.8. The summed E-state index contributed by atoms with van der Waals surface area (Å²) >= 11 is 0. The summed E-state index contributed by atoms with van der Waals surface area (Å²) < 4.78 is 16.5. The lowest BCUT2D eigenvalue weighted by atomic mass is 10.0. The molecule has 36 heavy (non-hydrogen) atoms. The van der Waals surface area contributed by atoms with Gasteiger partial charge in [0.25, 0.3) is 0 Å². The van der Waals surface area contributed by atoms with Gasteiger partial charge in [0.1, 0.15) is 23.8 Å². The second-order valence-electron chi connectivity index (χ2n) is 10.6. The number of hydrogen-bond acceptors (Lipinski definition) is 8. The van der Waals surface area contributed by atoms with Crippen molar-refractivity contribution in [3.8, 4) is 5.75 Å². The van der Waals surface area contributed by atoms with Crippen molar-refractivity contribution in [1.29, 1.82) is 0 Å². The van der Waals surface area contributed by atoms with Gasteiger partial charge in [-0.25, -0.2) is 14.6 Å². The molecule has 2 aliphatic heterocycles. The van der Waals surface area contributed by atoms with E-state index < -0.39 is 11.7 Å². The second kappa shape index (κ2) is 10.2. The molecule has 0 radical (unpaired) electrons. The normalized spacial score (nSPS) is 16.7. The third kappa shape index (κ3) is 5.98. The number of likely N-dealkylation sites (tertiary alicyclic amines) is 1. The van der Waals surface area contributed by atoms with Gasteiger partial charge in [-0.2, -0.15) is 4.98 Å². The fraction of sp³-hybridized carbons (Fsp3) is 0.538. The fourth-order valence-electron chi connectivity index (χ4n) is 4.02. The Morgan fingerprint density at radius 3 is 2.53 bits per heavy atom. The highest BCUT2D eigenvalue weighted by molar-refractivity contribution is 5.89. The Kier molecular flexibility index (Phi) is 7.23. The van der Waals surface area contributed by atoms with Crippen LogP contribution in [0, 0.1) is 5.92 Å². The van der Waals surface area contributed by atoms with E-state index in [4.69, 9.17) is 14.2 Å². The molecule has 1 N–H and O–H groups in total. The van der Waals surface area contributed by atoms with E-state index in [1.54, 1.807) is 11.1 Å². The monoisotopic (exact) mass is 497 g/mol. The lowest BCUT2D eigenvalue weighted by Crippen LogP contribution is -2.53. The lowest BCUT2D eigenvalue weighted by molar-refractivity contribution is -0.00782. The Labute approximate surface area is 211 Å². The number of rotatable bonds is 7. The maximum absolute atomic E-state index is 12.2. The summed E-state index contributed by atoms with van der Waals surface area (Å²) in [5, 5.41) is 3.31. The molecule has 0 saturated carbocycles. The Bertz CT molecular complexity index is 1090. The molecule has 0 spiro atoms. The highest BCUT2D eigenvalue weighted by Crippen LogP contribution is 2.29. The molecule has 4 rings (SSSR count). The molecule has 194 valence electrons. The van der Waals surface area contributed by atoms with E-state index in [1.165, 1.54) is 4.90 Å². The van der Waals surface area contributed by atoms with Gasteiger partial charge in [-0.3, -0.25) is 4.90 Å². The van der Waals surface area contributed by atoms with Gasteiger partial charge in [0, 0.05) is 31.2 Å². The number of aromatic nitrogens is 2. The molecule has 0 bridgehead atoms. The predicted octanol–water partition coefficient (Wildman–Crippen LogP) is 4.76. The number of carbonyl (C=O) groups is 2. The number of cyclic esters (lactones) is 1. The van der Waals surface area contributed by atoms with Crippen molar-refractivity contribution in [3.63, 3.8) is 0 Å². The number of amides is 2. The number of nitrogens with zero attached hydrogens (tertiary/aromatic N) is 4. The van der Waals surface area contributed by atoms with E-state index in [0.29, 0.717) is 37.4 Å². The SMILES string of the molecule is CC(Nc1ncc2c(n1)N(C(C)C)C(=O)OC2)c1ccc(OCC2CN(C(=O)OC(C)(C)C)C2)cc1. The van der Waals surface area contributed by atoms with Crippen LogP contribution < -0.4 is 15.0 Å². The Morgan fingerprint density at radius 1 is 1.19 bits per heavy atom. The van der Waals surface area contributed by atoms with Crippen LogP contribution >= 0.6 is 0 Å². The molecule has 3 heterocycles. The zero-order chi connectivity index (χ0) is 26.0. The minimum atomic E-state index is -0.485. The van der Waals surface area contributed by atoms with Gasteiger partial charge in [-0.15, -0.1) is 0 Å². The quantitative estimate of drug-likeness (QED) is 0.584. The van der Waals surface area contributed by atoms with Crippen molar-refractivity contribution in [2.24, 2.45) is 5.92 Å². The first-order valence-electron chi connectivity index (χ1n) is 12.3. The molecule has 1 saturated heterocycles. The molecule has 1 aromatic carbocycles. The maximum Gasteiger partial charge on any atom is 0.416 e. The average Bonchev–Trinajstić information content (AvgIpc) is 2.76. The van der Waals surface area contributed by atoms with Gasteiger partial charge >= 0.3 is 12.2 Å². The number of carbonyl (C=O) groups excluding carboxylic acids is 2. The summed E-state index contributed by atoms with van der Waals surface area (Å²) in [5.74, 6) is 2.09. The van der Waals surface area contributed by atoms with Crippen molar-refractivity contribution in [1.82, 2.24) is 14.9 Å². The minimum Gasteiger partial charge on any atom is -0.493 e. The predicted molar refractivity (Wildman–Crippen MR) is 135 cm³/mol. The Hall–Kier alpha value is -3.56. The van der Waals surface area contributed by atoms with E-state index in [0.717, 1.165) is 16.9 Å². The lowest BCUT2D eigenvalue weighted by Gasteiger charge is -2.39. The van der Waals surface area contributed by atoms with Gasteiger partial charge in [0.05, 0.1) is 18.2 Å². The summed E-state index contributed by atoms with van der Waals surface area (Å²) in [6.45, 7) is 13.4. The smallest absolute Gasteiger partial charge is 0.416 e. The first-order chi connectivity index (χ1) is 17.0. The van der Waals surface area contributed by atoms with Crippen LogP contribution in [-0.4, -0.2) is 58.4 Å². The minimum absolute atomic E-state index is 0.0610. The van der Waals surface area contributed by atoms with Crippen LogP contribution in [0.1, 0.15) is 58.7 Å². The summed E-state index contributed by atoms with van der Waals surface area (Å²) in [5.41, 5.74) is 1.34. The van der Waals surface area contributed by atoms with Crippen molar-refractivity contribution >= 4 is 24.0 Å². The fourth-order valence-corrected chi connectivity index (χ4v) is 4.02. The van der Waals surface area contributed by atoms with Gasteiger partial charge < -0.3 is 24.4 Å². The number of benzene rings is 1. The van der Waals surface area contributed by atoms with E-state index in [-0.39, 0.29) is 24.8 Å². The van der Waals surface area contributed by atoms with Gasteiger partial charge in [-0.05, 0) is 59.2 Å². The number of anilines is 2. The van der Waals surface area contributed by atoms with Gasteiger partial charge in [0.15, 0.2) is 0 Å². The Morgan fingerprint density at radius 2 is 1.89 bits per heavy atom. The summed E-state index contributed by atoms with van der Waals surface area (Å²) in [6.07, 6.45) is 1.02. The standard InChI is InChI=1S/C26H35N5O5/c1-16(2)31-22-20(15-35-25(31)33)11-27-23(29-22)28-17(3)19-7-9-21(10-8-19)34-14-18-12-30(13-18)24(32)36-26(4,5)6/h7-11,16-18H,12-15H2,1-6H3,(H,27,28,29). The summed E-state index contributed by atoms with van der Waals surface area (Å²) in [7, 11) is 0. The number of fused-ring (bicyclic) bond motifs is 1. The average molecular weight is 498 g/mol. The topological polar surface area (TPSA) is 106 Å². The molecule has 10 heteroatoms. The summed E-state index contributed by atoms with van der Waals surface area (Å²) in [4.78, 5) is 36.5. The molecule has 1 aromatic heterocycles. The molecule has 2 aromatic rings. The second-order valence-corrected chi connectivity index (χ2v) is 10.6. The van der Waals surface area contributed by atoms with Gasteiger partial charge in [-0.1, -0.05) is 12.1 Å². The van der Waals surface area contributed by atoms with Crippen LogP contribution in [0.25, 0.3) is 0 Å². The molecule has 2 aliphatic rings. The highest BCUT2D eigenvalue weighted by atomic mass is 16.6. The molecule has 2 amide bonds. The third-order valence-corrected chi connectivity index (χ3v) is 5.95. The molecule has 1 unspecified atom stereocenters. The summed E-state index contributed by atoms with van der Waals surface area (Å²) in [6, 6.07) is 7.72. The van der Waals surface area contributed by atoms with Crippen molar-refractivity contribution in [3.05, 3.63) is 41.6 Å². The first kappa shape index (κ1) is 25.5. The first-order valence-corrected chi connectivity index (χ1v) is 12.3. The molecule has 1 fully saturated rings. The molecule has 0 aliphatic carbocycles. The Balaban J connectivity index is 1.28. The number of ether oxygens (including phenoxy) is 3. The maximum atomic E-state index is 12.2. The van der Waals surface area contributed by atoms with Crippen LogP contribution in [0.5, 0.6) is 5.75 Å². The van der Waals surface area contributed by atoms with Crippen LogP contribution in [0.15, 0.2) is 30.5 Å².